The van der Waals surface area contributed by atoms with E-state index < -0.39 is 17.1 Å². The average molecular weight is 392 g/mol. The molecule has 2 rings (SSSR count). The molecule has 0 heterocycles. The van der Waals surface area contributed by atoms with Gasteiger partial charge in [-0.3, -0.25) is 4.79 Å². The number of hydrogen-bond donors (Lipinski definition) is 1. The summed E-state index contributed by atoms with van der Waals surface area (Å²) in [5.74, 6) is -1.67. The number of carbonyl (C=O) groups excluding carboxylic acids is 4. The molecule has 0 amide bonds. The van der Waals surface area contributed by atoms with Crippen LogP contribution in [-0.4, -0.2) is 37.7 Å². The first-order valence-corrected chi connectivity index (χ1v) is 7.60. The Morgan fingerprint density at radius 1 is 0.696 bits per heavy atom. The van der Waals surface area contributed by atoms with E-state index in [0.29, 0.717) is 11.1 Å². The Kier molecular flexibility index (Phi) is 5.49. The number of rotatable bonds is 4. The standard InChI is InChI=1S/C16H9O5SSe/c17-13(9-1-5-11(6-2-9)15(19)22)21-14(18)10-3-7-12(8-4-10)16(20)23/h1-8H,(H,19,22). The van der Waals surface area contributed by atoms with Crippen LogP contribution in [0.5, 0.6) is 0 Å². The van der Waals surface area contributed by atoms with Gasteiger partial charge in [0.2, 0.25) is 5.12 Å². The molecule has 1 radical (unpaired) electrons. The molecule has 2 aromatic carbocycles. The summed E-state index contributed by atoms with van der Waals surface area (Å²) >= 11 is 6.00. The molecule has 0 saturated heterocycles. The van der Waals surface area contributed by atoms with Crippen molar-refractivity contribution in [1.82, 2.24) is 0 Å². The van der Waals surface area contributed by atoms with Gasteiger partial charge in [-0.05, 0) is 0 Å². The van der Waals surface area contributed by atoms with Gasteiger partial charge in [0, 0.05) is 0 Å². The van der Waals surface area contributed by atoms with Crippen LogP contribution in [0.15, 0.2) is 48.5 Å². The van der Waals surface area contributed by atoms with Gasteiger partial charge in [-0.25, -0.2) is 0 Å². The summed E-state index contributed by atoms with van der Waals surface area (Å²) in [7, 11) is 0. The van der Waals surface area contributed by atoms with Gasteiger partial charge in [0.25, 0.3) is 0 Å². The molecule has 0 atom stereocenters. The predicted octanol–water partition coefficient (Wildman–Crippen LogP) is 2.06. The summed E-state index contributed by atoms with van der Waals surface area (Å²) in [6.45, 7) is 0. The van der Waals surface area contributed by atoms with Crippen LogP contribution in [0.1, 0.15) is 41.4 Å². The van der Waals surface area contributed by atoms with Gasteiger partial charge in [-0.1, -0.05) is 0 Å². The second-order valence-corrected chi connectivity index (χ2v) is 5.61. The third-order valence-electron chi connectivity index (χ3n) is 2.91. The van der Waals surface area contributed by atoms with E-state index in [2.05, 4.69) is 28.6 Å². The van der Waals surface area contributed by atoms with Crippen LogP contribution in [0.25, 0.3) is 0 Å². The molecule has 0 spiro atoms. The van der Waals surface area contributed by atoms with E-state index in [1.807, 2.05) is 0 Å². The zero-order valence-electron chi connectivity index (χ0n) is 11.5. The van der Waals surface area contributed by atoms with Crippen molar-refractivity contribution in [2.45, 2.75) is 0 Å². The molecule has 0 N–H and O–H groups in total. The van der Waals surface area contributed by atoms with Crippen molar-refractivity contribution in [3.8, 4) is 0 Å². The molecular weight excluding hydrogens is 383 g/mol. The van der Waals surface area contributed by atoms with Gasteiger partial charge in [0.05, 0.1) is 0 Å². The average Bonchev–Trinajstić information content (AvgIpc) is 2.54. The number of ether oxygens (including phenoxy) is 1. The first-order chi connectivity index (χ1) is 10.9. The van der Waals surface area contributed by atoms with Crippen molar-refractivity contribution in [3.63, 3.8) is 0 Å². The number of hydrogen-bond acceptors (Lipinski definition) is 5. The van der Waals surface area contributed by atoms with Crippen molar-refractivity contribution in [2.24, 2.45) is 0 Å². The molecule has 0 saturated carbocycles. The zero-order chi connectivity index (χ0) is 17.0. The minimum absolute atomic E-state index is 0.131. The fraction of sp³-hybridized carbons (Fsp3) is 0. The fourth-order valence-electron chi connectivity index (χ4n) is 1.69. The SMILES string of the molecule is O=C(S)c1ccc(C(=O)OC(=O)c2ccc(C(=O)[Se])cc2)cc1. The molecule has 2 aromatic rings. The van der Waals surface area contributed by atoms with Crippen molar-refractivity contribution in [2.75, 3.05) is 0 Å². The van der Waals surface area contributed by atoms with E-state index in [0.717, 1.165) is 0 Å². The Morgan fingerprint density at radius 2 is 1.04 bits per heavy atom. The summed E-state index contributed by atoms with van der Waals surface area (Å²) in [6.07, 6.45) is 0. The molecule has 0 aromatic heterocycles. The van der Waals surface area contributed by atoms with Crippen LogP contribution in [-0.2, 0) is 4.74 Å². The summed E-state index contributed by atoms with van der Waals surface area (Å²) in [5.41, 5.74) is 1.00. The van der Waals surface area contributed by atoms with Crippen molar-refractivity contribution in [3.05, 3.63) is 70.8 Å². The van der Waals surface area contributed by atoms with Gasteiger partial charge in [0.1, 0.15) is 0 Å². The Hall–Kier alpha value is -2.21. The van der Waals surface area contributed by atoms with Gasteiger partial charge in [-0.2, -0.15) is 0 Å². The van der Waals surface area contributed by atoms with Crippen molar-refractivity contribution >= 4 is 50.4 Å². The van der Waals surface area contributed by atoms with Crippen molar-refractivity contribution in [1.29, 1.82) is 0 Å². The van der Waals surface area contributed by atoms with E-state index >= 15 is 0 Å². The molecule has 0 aliphatic carbocycles. The molecule has 5 nitrogen and oxygen atoms in total. The van der Waals surface area contributed by atoms with E-state index in [4.69, 9.17) is 4.74 Å². The monoisotopic (exact) mass is 393 g/mol. The summed E-state index contributed by atoms with van der Waals surface area (Å²) in [4.78, 5) is 45.9. The molecule has 0 bridgehead atoms. The Bertz CT molecular complexity index is 714. The zero-order valence-corrected chi connectivity index (χ0v) is 14.1. The molecular formula is C16H9O5SSe. The maximum absolute atomic E-state index is 11.9. The number of esters is 2. The first kappa shape index (κ1) is 17.1. The molecule has 7 heteroatoms. The van der Waals surface area contributed by atoms with E-state index in [-0.39, 0.29) is 15.8 Å². The number of carbonyl (C=O) groups is 4. The van der Waals surface area contributed by atoms with Crippen LogP contribution in [0, 0.1) is 0 Å². The van der Waals surface area contributed by atoms with Crippen LogP contribution in [0.2, 0.25) is 0 Å². The minimum atomic E-state index is -0.836. The fourth-order valence-corrected chi connectivity index (χ4v) is 2.13. The predicted molar refractivity (Wildman–Crippen MR) is 86.0 cm³/mol. The third kappa shape index (κ3) is 4.39. The number of benzene rings is 2. The van der Waals surface area contributed by atoms with E-state index in [9.17, 15) is 19.2 Å². The normalized spacial score (nSPS) is 9.96. The van der Waals surface area contributed by atoms with E-state index in [1.54, 1.807) is 0 Å². The molecule has 0 aliphatic rings. The quantitative estimate of drug-likeness (QED) is 0.373. The van der Waals surface area contributed by atoms with E-state index in [1.165, 1.54) is 48.5 Å². The molecule has 115 valence electrons. The van der Waals surface area contributed by atoms with Crippen LogP contribution < -0.4 is 0 Å². The molecule has 23 heavy (non-hydrogen) atoms. The van der Waals surface area contributed by atoms with Gasteiger partial charge >= 0.3 is 123 Å². The van der Waals surface area contributed by atoms with Crippen molar-refractivity contribution < 1.29 is 23.9 Å². The topological polar surface area (TPSA) is 77.5 Å². The summed E-state index contributed by atoms with van der Waals surface area (Å²) in [5, 5.41) is -0.427. The van der Waals surface area contributed by atoms with Gasteiger partial charge < -0.3 is 0 Å². The van der Waals surface area contributed by atoms with Gasteiger partial charge in [0.15, 0.2) is 0 Å². The van der Waals surface area contributed by atoms with Crippen LogP contribution in [0.4, 0.5) is 0 Å². The Balaban J connectivity index is 2.08. The molecule has 0 fully saturated rings. The first-order valence-electron chi connectivity index (χ1n) is 6.30. The van der Waals surface area contributed by atoms with Crippen LogP contribution in [0.3, 0.4) is 0 Å². The molecule has 0 unspecified atom stereocenters. The third-order valence-corrected chi connectivity index (χ3v) is 3.66. The second-order valence-electron chi connectivity index (χ2n) is 4.42. The Morgan fingerprint density at radius 3 is 1.39 bits per heavy atom. The van der Waals surface area contributed by atoms with Crippen LogP contribution >= 0.6 is 12.6 Å². The Labute approximate surface area is 145 Å². The summed E-state index contributed by atoms with van der Waals surface area (Å²) < 4.78 is 4.50. The van der Waals surface area contributed by atoms with Gasteiger partial charge in [-0.15, -0.1) is 12.6 Å². The second kappa shape index (κ2) is 7.37. The number of thiol groups is 1. The maximum atomic E-state index is 11.9. The molecule has 0 aliphatic heterocycles. The summed E-state index contributed by atoms with van der Waals surface area (Å²) in [6, 6.07) is 11.2.